The number of aromatic nitrogens is 2. The van der Waals surface area contributed by atoms with Crippen LogP contribution in [0.4, 0.5) is 5.69 Å². The van der Waals surface area contributed by atoms with Crippen LogP contribution in [0.5, 0.6) is 5.75 Å². The maximum atomic E-state index is 11.6. The first-order valence-corrected chi connectivity index (χ1v) is 7.56. The molecule has 0 bridgehead atoms. The molecule has 0 saturated heterocycles. The second-order valence-corrected chi connectivity index (χ2v) is 5.42. The zero-order valence-electron chi connectivity index (χ0n) is 13.4. The molecule has 0 atom stereocenters. The van der Waals surface area contributed by atoms with Crippen molar-refractivity contribution in [3.63, 3.8) is 0 Å². The van der Waals surface area contributed by atoms with Crippen LogP contribution in [0.2, 0.25) is 0 Å². The van der Waals surface area contributed by atoms with Gasteiger partial charge in [-0.05, 0) is 19.1 Å². The van der Waals surface area contributed by atoms with Crippen molar-refractivity contribution in [1.82, 2.24) is 9.97 Å². The number of benzene rings is 2. The quantitative estimate of drug-likeness (QED) is 0.770. The van der Waals surface area contributed by atoms with E-state index < -0.39 is 0 Å². The predicted octanol–water partition coefficient (Wildman–Crippen LogP) is 3.78. The van der Waals surface area contributed by atoms with Crippen molar-refractivity contribution >= 4 is 11.6 Å². The van der Waals surface area contributed by atoms with Crippen molar-refractivity contribution in [3.05, 3.63) is 60.3 Å². The van der Waals surface area contributed by atoms with E-state index in [9.17, 15) is 9.90 Å². The number of nitrogens with one attached hydrogen (secondary N) is 1. The van der Waals surface area contributed by atoms with E-state index in [2.05, 4.69) is 15.3 Å². The topological polar surface area (TPSA) is 75.1 Å². The van der Waals surface area contributed by atoms with Crippen molar-refractivity contribution in [2.45, 2.75) is 13.8 Å². The minimum Gasteiger partial charge on any atom is -0.507 e. The Bertz CT molecular complexity index is 892. The van der Waals surface area contributed by atoms with Gasteiger partial charge in [0, 0.05) is 18.1 Å². The van der Waals surface area contributed by atoms with Crippen molar-refractivity contribution < 1.29 is 9.90 Å². The highest BCUT2D eigenvalue weighted by molar-refractivity contribution is 5.95. The zero-order valence-corrected chi connectivity index (χ0v) is 13.4. The van der Waals surface area contributed by atoms with Gasteiger partial charge in [0.25, 0.3) is 0 Å². The molecule has 3 aromatic rings. The third-order valence-corrected chi connectivity index (χ3v) is 3.58. The molecule has 0 saturated carbocycles. The highest BCUT2D eigenvalue weighted by atomic mass is 16.3. The molecule has 24 heavy (non-hydrogen) atoms. The van der Waals surface area contributed by atoms with Crippen LogP contribution >= 0.6 is 0 Å². The molecule has 1 heterocycles. The number of carbonyl (C=O) groups excluding carboxylic acids is 1. The van der Waals surface area contributed by atoms with Gasteiger partial charge in [-0.1, -0.05) is 42.5 Å². The number of phenolic OH excluding ortho intramolecular Hbond substituents is 1. The molecule has 0 spiro atoms. The number of para-hydroxylation sites is 1. The Balaban J connectivity index is 2.25. The second kappa shape index (κ2) is 6.50. The molecule has 3 rings (SSSR count). The summed E-state index contributed by atoms with van der Waals surface area (Å²) in [5.41, 5.74) is 3.05. The van der Waals surface area contributed by atoms with E-state index in [0.717, 1.165) is 5.56 Å². The van der Waals surface area contributed by atoms with Crippen LogP contribution in [0.25, 0.3) is 22.6 Å². The average molecular weight is 319 g/mol. The Hall–Kier alpha value is -3.21. The summed E-state index contributed by atoms with van der Waals surface area (Å²) in [6.45, 7) is 3.24. The third kappa shape index (κ3) is 3.10. The van der Waals surface area contributed by atoms with E-state index in [1.54, 1.807) is 18.2 Å². The summed E-state index contributed by atoms with van der Waals surface area (Å²) < 4.78 is 0. The number of rotatable bonds is 3. The molecule has 0 unspecified atom stereocenters. The standard InChI is InChI=1S/C19H17N3O2/c1-12-17(21-13(2)23)18(15-10-6-7-11-16(15)24)22-19(20-12)14-8-4-3-5-9-14/h3-11,24H,1-2H3,(H,21,23). The van der Waals surface area contributed by atoms with Gasteiger partial charge in [-0.25, -0.2) is 9.97 Å². The summed E-state index contributed by atoms with van der Waals surface area (Å²) in [5, 5.41) is 13.0. The fourth-order valence-corrected chi connectivity index (χ4v) is 2.48. The summed E-state index contributed by atoms with van der Waals surface area (Å²) in [6.07, 6.45) is 0. The number of phenols is 1. The Morgan fingerprint density at radius 2 is 1.67 bits per heavy atom. The molecular formula is C19H17N3O2. The first-order valence-electron chi connectivity index (χ1n) is 7.56. The lowest BCUT2D eigenvalue weighted by atomic mass is 10.1. The molecule has 5 heteroatoms. The summed E-state index contributed by atoms with van der Waals surface area (Å²) in [4.78, 5) is 20.7. The first-order chi connectivity index (χ1) is 11.6. The molecule has 2 N–H and O–H groups in total. The number of carbonyl (C=O) groups is 1. The Morgan fingerprint density at radius 1 is 1.00 bits per heavy atom. The highest BCUT2D eigenvalue weighted by Gasteiger charge is 2.17. The fourth-order valence-electron chi connectivity index (χ4n) is 2.48. The predicted molar refractivity (Wildman–Crippen MR) is 93.6 cm³/mol. The van der Waals surface area contributed by atoms with Gasteiger partial charge >= 0.3 is 0 Å². The van der Waals surface area contributed by atoms with E-state index in [4.69, 9.17) is 0 Å². The van der Waals surface area contributed by atoms with Crippen molar-refractivity contribution in [2.24, 2.45) is 0 Å². The average Bonchev–Trinajstić information content (AvgIpc) is 2.57. The lowest BCUT2D eigenvalue weighted by Gasteiger charge is -2.14. The van der Waals surface area contributed by atoms with Gasteiger partial charge in [0.05, 0.1) is 11.4 Å². The molecule has 120 valence electrons. The number of nitrogens with zero attached hydrogens (tertiary/aromatic N) is 2. The summed E-state index contributed by atoms with van der Waals surface area (Å²) in [5.74, 6) is 0.424. The van der Waals surface area contributed by atoms with E-state index >= 15 is 0 Å². The number of aromatic hydroxyl groups is 1. The Labute approximate surface area is 140 Å². The van der Waals surface area contributed by atoms with Crippen molar-refractivity contribution in [1.29, 1.82) is 0 Å². The first kappa shape index (κ1) is 15.7. The van der Waals surface area contributed by atoms with E-state index in [1.165, 1.54) is 6.92 Å². The second-order valence-electron chi connectivity index (χ2n) is 5.42. The number of aryl methyl sites for hydroxylation is 1. The molecule has 2 aromatic carbocycles. The van der Waals surface area contributed by atoms with Gasteiger partial charge in [-0.3, -0.25) is 4.79 Å². The Morgan fingerprint density at radius 3 is 2.33 bits per heavy atom. The van der Waals surface area contributed by atoms with E-state index in [-0.39, 0.29) is 11.7 Å². The summed E-state index contributed by atoms with van der Waals surface area (Å²) in [6, 6.07) is 16.5. The fraction of sp³-hybridized carbons (Fsp3) is 0.105. The van der Waals surface area contributed by atoms with Crippen molar-refractivity contribution in [3.8, 4) is 28.4 Å². The molecule has 0 aliphatic carbocycles. The van der Waals surface area contributed by atoms with Crippen LogP contribution in [-0.2, 0) is 4.79 Å². The number of hydrogen-bond donors (Lipinski definition) is 2. The van der Waals surface area contributed by atoms with Crippen LogP contribution in [0, 0.1) is 6.92 Å². The SMILES string of the molecule is CC(=O)Nc1c(C)nc(-c2ccccc2)nc1-c1ccccc1O. The van der Waals surface area contributed by atoms with Crippen LogP contribution < -0.4 is 5.32 Å². The van der Waals surface area contributed by atoms with Crippen LogP contribution in [0.1, 0.15) is 12.6 Å². The lowest BCUT2D eigenvalue weighted by Crippen LogP contribution is -2.11. The number of hydrogen-bond acceptors (Lipinski definition) is 4. The molecular weight excluding hydrogens is 302 g/mol. The maximum Gasteiger partial charge on any atom is 0.221 e. The minimum absolute atomic E-state index is 0.0983. The Kier molecular flexibility index (Phi) is 4.24. The molecule has 0 aliphatic heterocycles. The lowest BCUT2D eigenvalue weighted by molar-refractivity contribution is -0.114. The largest absolute Gasteiger partial charge is 0.507 e. The molecule has 0 radical (unpaired) electrons. The zero-order chi connectivity index (χ0) is 17.1. The van der Waals surface area contributed by atoms with E-state index in [1.807, 2.05) is 43.3 Å². The van der Waals surface area contributed by atoms with Crippen LogP contribution in [0.3, 0.4) is 0 Å². The molecule has 1 amide bonds. The van der Waals surface area contributed by atoms with Gasteiger partial charge in [0.1, 0.15) is 11.4 Å². The smallest absolute Gasteiger partial charge is 0.221 e. The van der Waals surface area contributed by atoms with Crippen molar-refractivity contribution in [2.75, 3.05) is 5.32 Å². The molecule has 0 aliphatic rings. The van der Waals surface area contributed by atoms with Gasteiger partial charge in [0.15, 0.2) is 5.82 Å². The summed E-state index contributed by atoms with van der Waals surface area (Å²) >= 11 is 0. The van der Waals surface area contributed by atoms with Gasteiger partial charge < -0.3 is 10.4 Å². The minimum atomic E-state index is -0.217. The van der Waals surface area contributed by atoms with Crippen LogP contribution in [0.15, 0.2) is 54.6 Å². The van der Waals surface area contributed by atoms with Crippen LogP contribution in [-0.4, -0.2) is 21.0 Å². The van der Waals surface area contributed by atoms with Gasteiger partial charge in [-0.15, -0.1) is 0 Å². The molecule has 0 fully saturated rings. The number of anilines is 1. The van der Waals surface area contributed by atoms with Gasteiger partial charge in [0.2, 0.25) is 5.91 Å². The van der Waals surface area contributed by atoms with E-state index in [0.29, 0.717) is 28.5 Å². The number of amides is 1. The summed E-state index contributed by atoms with van der Waals surface area (Å²) in [7, 11) is 0. The molecule has 1 aromatic heterocycles. The third-order valence-electron chi connectivity index (χ3n) is 3.58. The maximum absolute atomic E-state index is 11.6. The monoisotopic (exact) mass is 319 g/mol. The normalized spacial score (nSPS) is 10.4. The van der Waals surface area contributed by atoms with Gasteiger partial charge in [-0.2, -0.15) is 0 Å². The molecule has 5 nitrogen and oxygen atoms in total. The highest BCUT2D eigenvalue weighted by Crippen LogP contribution is 2.35.